The van der Waals surface area contributed by atoms with Gasteiger partial charge in [0, 0.05) is 4.88 Å². The van der Waals surface area contributed by atoms with Gasteiger partial charge in [0.2, 0.25) is 5.17 Å². The van der Waals surface area contributed by atoms with E-state index in [1.54, 1.807) is 16.2 Å². The quantitative estimate of drug-likeness (QED) is 0.678. The average molecular weight is 353 g/mol. The van der Waals surface area contributed by atoms with E-state index in [2.05, 4.69) is 15.3 Å². The molecule has 8 heteroatoms. The summed E-state index contributed by atoms with van der Waals surface area (Å²) in [6, 6.07) is 13.4. The summed E-state index contributed by atoms with van der Waals surface area (Å²) in [6.07, 6.45) is 4.87. The lowest BCUT2D eigenvalue weighted by Gasteiger charge is -2.14. The first kappa shape index (κ1) is 14.9. The molecule has 6 nitrogen and oxygen atoms in total. The predicted molar refractivity (Wildman–Crippen MR) is 96.7 cm³/mol. The van der Waals surface area contributed by atoms with Crippen LogP contribution < -0.4 is 4.90 Å². The molecule has 2 aromatic heterocycles. The number of anilines is 1. The first-order valence-corrected chi connectivity index (χ1v) is 8.77. The lowest BCUT2D eigenvalue weighted by molar-refractivity contribution is -0.113. The Balaban J connectivity index is 1.77. The van der Waals surface area contributed by atoms with Gasteiger partial charge in [-0.3, -0.25) is 9.69 Å². The van der Waals surface area contributed by atoms with Gasteiger partial charge >= 0.3 is 0 Å². The molecule has 0 bridgehead atoms. The number of rotatable bonds is 3. The number of amidine groups is 1. The fraction of sp³-hybridized carbons (Fsp3) is 0. The summed E-state index contributed by atoms with van der Waals surface area (Å²) in [6.45, 7) is 0. The number of hydrogen-bond acceptors (Lipinski definition) is 6. The molecule has 4 rings (SSSR count). The van der Waals surface area contributed by atoms with Crippen LogP contribution in [0, 0.1) is 0 Å². The van der Waals surface area contributed by atoms with Crippen molar-refractivity contribution in [2.45, 2.75) is 0 Å². The molecule has 0 aliphatic carbocycles. The Morgan fingerprint density at radius 2 is 1.83 bits per heavy atom. The average Bonchev–Trinajstić information content (AvgIpc) is 3.33. The van der Waals surface area contributed by atoms with Crippen molar-refractivity contribution < 1.29 is 4.79 Å². The van der Waals surface area contributed by atoms with Gasteiger partial charge in [-0.15, -0.1) is 26.6 Å². The number of thioether (sulfide) groups is 1. The summed E-state index contributed by atoms with van der Waals surface area (Å²) < 4.78 is 1.49. The molecule has 0 saturated carbocycles. The van der Waals surface area contributed by atoms with E-state index in [0.717, 1.165) is 10.6 Å². The van der Waals surface area contributed by atoms with E-state index in [-0.39, 0.29) is 5.91 Å². The largest absolute Gasteiger partial charge is 0.271 e. The standard InChI is InChI=1S/C16H11N5OS2/c22-15-14(9-13-7-4-8-23-13)24-16(19-20-10-17-18-11-20)21(15)12-5-2-1-3-6-12/h1-11H/b14-9-,19-16-. The summed E-state index contributed by atoms with van der Waals surface area (Å²) in [5, 5.41) is 14.5. The number of aromatic nitrogens is 3. The minimum absolute atomic E-state index is 0.0913. The Morgan fingerprint density at radius 1 is 1.04 bits per heavy atom. The van der Waals surface area contributed by atoms with E-state index >= 15 is 0 Å². The maximum Gasteiger partial charge on any atom is 0.271 e. The highest BCUT2D eigenvalue weighted by Crippen LogP contribution is 2.36. The molecule has 0 N–H and O–H groups in total. The molecule has 1 aromatic carbocycles. The van der Waals surface area contributed by atoms with Crippen molar-refractivity contribution in [2.75, 3.05) is 4.90 Å². The van der Waals surface area contributed by atoms with Crippen molar-refractivity contribution in [1.29, 1.82) is 0 Å². The summed E-state index contributed by atoms with van der Waals surface area (Å²) in [5.74, 6) is -0.0913. The minimum Gasteiger partial charge on any atom is -0.268 e. The van der Waals surface area contributed by atoms with Crippen molar-refractivity contribution in [2.24, 2.45) is 5.10 Å². The molecule has 3 aromatic rings. The Morgan fingerprint density at radius 3 is 2.54 bits per heavy atom. The van der Waals surface area contributed by atoms with Crippen molar-refractivity contribution in [3.8, 4) is 0 Å². The summed E-state index contributed by atoms with van der Waals surface area (Å²) in [7, 11) is 0. The SMILES string of the molecule is O=C1/C(=C/c2cccs2)S/C(=N\n2cnnc2)N1c1ccccc1. The molecule has 0 spiro atoms. The van der Waals surface area contributed by atoms with Crippen LogP contribution in [0.15, 0.2) is 70.5 Å². The van der Waals surface area contributed by atoms with E-state index in [1.807, 2.05) is 53.9 Å². The molecule has 0 unspecified atom stereocenters. The highest BCUT2D eigenvalue weighted by atomic mass is 32.2. The molecule has 1 aliphatic heterocycles. The predicted octanol–water partition coefficient (Wildman–Crippen LogP) is 3.28. The van der Waals surface area contributed by atoms with Crippen LogP contribution in [0.2, 0.25) is 0 Å². The molecule has 0 atom stereocenters. The van der Waals surface area contributed by atoms with Crippen LogP contribution in [0.4, 0.5) is 5.69 Å². The Labute approximate surface area is 146 Å². The van der Waals surface area contributed by atoms with Gasteiger partial charge in [-0.25, -0.2) is 4.68 Å². The van der Waals surface area contributed by atoms with Gasteiger partial charge in [-0.1, -0.05) is 24.3 Å². The Hall–Kier alpha value is -2.71. The number of thiophene rings is 1. The highest BCUT2D eigenvalue weighted by Gasteiger charge is 2.35. The van der Waals surface area contributed by atoms with E-state index < -0.39 is 0 Å². The number of carbonyl (C=O) groups is 1. The third-order valence-electron chi connectivity index (χ3n) is 3.24. The number of benzene rings is 1. The van der Waals surface area contributed by atoms with Gasteiger partial charge in [-0.05, 0) is 41.4 Å². The molecule has 0 radical (unpaired) electrons. The zero-order valence-electron chi connectivity index (χ0n) is 12.3. The van der Waals surface area contributed by atoms with Crippen LogP contribution in [-0.4, -0.2) is 25.9 Å². The first-order valence-electron chi connectivity index (χ1n) is 7.07. The van der Waals surface area contributed by atoms with Crippen LogP contribution >= 0.6 is 23.1 Å². The smallest absolute Gasteiger partial charge is 0.268 e. The highest BCUT2D eigenvalue weighted by molar-refractivity contribution is 8.19. The van der Waals surface area contributed by atoms with E-state index in [0.29, 0.717) is 10.1 Å². The fourth-order valence-electron chi connectivity index (χ4n) is 2.19. The summed E-state index contributed by atoms with van der Waals surface area (Å²) >= 11 is 2.93. The molecule has 1 aliphatic rings. The Bertz CT molecular complexity index is 901. The summed E-state index contributed by atoms with van der Waals surface area (Å²) in [4.78, 5) is 16.2. The number of hydrogen-bond donors (Lipinski definition) is 0. The second kappa shape index (κ2) is 6.42. The van der Waals surface area contributed by atoms with Crippen molar-refractivity contribution in [3.05, 3.63) is 70.3 Å². The second-order valence-corrected chi connectivity index (χ2v) is 6.82. The zero-order chi connectivity index (χ0) is 16.4. The second-order valence-electron chi connectivity index (χ2n) is 4.83. The van der Waals surface area contributed by atoms with Gasteiger partial charge < -0.3 is 0 Å². The van der Waals surface area contributed by atoms with Gasteiger partial charge in [0.1, 0.15) is 12.7 Å². The molecule has 1 amide bonds. The topological polar surface area (TPSA) is 63.4 Å². The zero-order valence-corrected chi connectivity index (χ0v) is 13.9. The third kappa shape index (κ3) is 2.89. The van der Waals surface area contributed by atoms with Crippen LogP contribution in [0.25, 0.3) is 6.08 Å². The van der Waals surface area contributed by atoms with Gasteiger partial charge in [0.05, 0.1) is 10.6 Å². The molecular weight excluding hydrogens is 342 g/mol. The molecule has 118 valence electrons. The van der Waals surface area contributed by atoms with E-state index in [1.165, 1.54) is 29.1 Å². The number of amides is 1. The lowest BCUT2D eigenvalue weighted by atomic mass is 10.3. The molecule has 1 fully saturated rings. The van der Waals surface area contributed by atoms with Crippen LogP contribution in [0.1, 0.15) is 4.88 Å². The van der Waals surface area contributed by atoms with Crippen molar-refractivity contribution in [1.82, 2.24) is 14.9 Å². The monoisotopic (exact) mass is 353 g/mol. The summed E-state index contributed by atoms with van der Waals surface area (Å²) in [5.41, 5.74) is 0.774. The van der Waals surface area contributed by atoms with Crippen LogP contribution in [0.5, 0.6) is 0 Å². The number of carbonyl (C=O) groups excluding carboxylic acids is 1. The molecule has 3 heterocycles. The van der Waals surface area contributed by atoms with E-state index in [9.17, 15) is 4.79 Å². The van der Waals surface area contributed by atoms with Gasteiger partial charge in [0.15, 0.2) is 0 Å². The van der Waals surface area contributed by atoms with Gasteiger partial charge in [0.25, 0.3) is 5.91 Å². The normalized spacial score (nSPS) is 18.0. The van der Waals surface area contributed by atoms with Crippen LogP contribution in [-0.2, 0) is 4.79 Å². The maximum absolute atomic E-state index is 12.9. The maximum atomic E-state index is 12.9. The fourth-order valence-corrected chi connectivity index (χ4v) is 3.90. The lowest BCUT2D eigenvalue weighted by Crippen LogP contribution is -2.29. The van der Waals surface area contributed by atoms with Crippen molar-refractivity contribution in [3.63, 3.8) is 0 Å². The minimum atomic E-state index is -0.0913. The first-order chi connectivity index (χ1) is 11.8. The third-order valence-corrected chi connectivity index (χ3v) is 5.02. The van der Waals surface area contributed by atoms with Crippen molar-refractivity contribution >= 4 is 45.9 Å². The molecule has 1 saturated heterocycles. The van der Waals surface area contributed by atoms with Gasteiger partial charge in [-0.2, -0.15) is 0 Å². The molecule has 24 heavy (non-hydrogen) atoms. The van der Waals surface area contributed by atoms with Crippen LogP contribution in [0.3, 0.4) is 0 Å². The van der Waals surface area contributed by atoms with E-state index in [4.69, 9.17) is 0 Å². The Kier molecular flexibility index (Phi) is 3.97. The number of para-hydroxylation sites is 1. The molecular formula is C16H11N5OS2. The number of nitrogens with zero attached hydrogens (tertiary/aromatic N) is 5.